The minimum atomic E-state index is 0.781. The van der Waals surface area contributed by atoms with Gasteiger partial charge in [-0.15, -0.1) is 0 Å². The van der Waals surface area contributed by atoms with Crippen LogP contribution in [0.4, 0.5) is 0 Å². The summed E-state index contributed by atoms with van der Waals surface area (Å²) in [5.41, 5.74) is 2.80. The van der Waals surface area contributed by atoms with Gasteiger partial charge in [0.25, 0.3) is 0 Å². The van der Waals surface area contributed by atoms with Crippen molar-refractivity contribution < 1.29 is 0 Å². The molecule has 2 heteroatoms. The largest absolute Gasteiger partial charge is 0.347 e. The average Bonchev–Trinajstić information content (AvgIpc) is 3.18. The van der Waals surface area contributed by atoms with E-state index in [1.165, 1.54) is 42.1 Å². The van der Waals surface area contributed by atoms with Gasteiger partial charge >= 0.3 is 0 Å². The van der Waals surface area contributed by atoms with E-state index in [1.807, 2.05) is 0 Å². The van der Waals surface area contributed by atoms with Crippen LogP contribution in [0.2, 0.25) is 0 Å². The van der Waals surface area contributed by atoms with Crippen molar-refractivity contribution >= 4 is 10.9 Å². The van der Waals surface area contributed by atoms with E-state index in [-0.39, 0.29) is 0 Å². The molecule has 2 aromatic rings. The number of rotatable bonds is 7. The van der Waals surface area contributed by atoms with Crippen LogP contribution < -0.4 is 5.32 Å². The van der Waals surface area contributed by atoms with Crippen molar-refractivity contribution in [2.75, 3.05) is 0 Å². The normalized spacial score (nSPS) is 15.3. The first-order valence-electron chi connectivity index (χ1n) is 8.03. The number of aromatic nitrogens is 1. The summed E-state index contributed by atoms with van der Waals surface area (Å²) in [4.78, 5) is 0. The second-order valence-corrected chi connectivity index (χ2v) is 6.59. The Kier molecular flexibility index (Phi) is 4.11. The van der Waals surface area contributed by atoms with Crippen molar-refractivity contribution in [3.8, 4) is 0 Å². The standard InChI is InChI=1S/C18H26N2/c1-14(2)4-3-10-20-11-9-16-6-5-15(12-18(16)20)13-19-17-7-8-17/h5-6,9,11-12,14,17,19H,3-4,7-8,10,13H2,1-2H3. The third kappa shape index (κ3) is 3.43. The third-order valence-corrected chi connectivity index (χ3v) is 4.19. The second kappa shape index (κ2) is 6.01. The highest BCUT2D eigenvalue weighted by molar-refractivity contribution is 5.80. The molecule has 1 aliphatic rings. The summed E-state index contributed by atoms with van der Waals surface area (Å²) in [6.07, 6.45) is 7.53. The fraction of sp³-hybridized carbons (Fsp3) is 0.556. The van der Waals surface area contributed by atoms with E-state index in [4.69, 9.17) is 0 Å². The van der Waals surface area contributed by atoms with Crippen molar-refractivity contribution in [2.24, 2.45) is 5.92 Å². The summed E-state index contributed by atoms with van der Waals surface area (Å²) in [5, 5.41) is 4.96. The highest BCUT2D eigenvalue weighted by Crippen LogP contribution is 2.22. The minimum absolute atomic E-state index is 0.781. The Bertz CT molecular complexity index is 564. The fourth-order valence-electron chi connectivity index (χ4n) is 2.75. The topological polar surface area (TPSA) is 17.0 Å². The van der Waals surface area contributed by atoms with Crippen LogP contribution in [0.5, 0.6) is 0 Å². The SMILES string of the molecule is CC(C)CCCn1ccc2ccc(CNC3CC3)cc21. The van der Waals surface area contributed by atoms with Crippen LogP contribution >= 0.6 is 0 Å². The molecule has 1 aliphatic carbocycles. The smallest absolute Gasteiger partial charge is 0.0483 e. The monoisotopic (exact) mass is 270 g/mol. The molecule has 1 fully saturated rings. The molecule has 0 saturated heterocycles. The van der Waals surface area contributed by atoms with Crippen molar-refractivity contribution in [1.29, 1.82) is 0 Å². The molecule has 1 heterocycles. The maximum atomic E-state index is 3.60. The van der Waals surface area contributed by atoms with E-state index >= 15 is 0 Å². The van der Waals surface area contributed by atoms with Crippen LogP contribution in [0.1, 0.15) is 45.1 Å². The Morgan fingerprint density at radius 1 is 1.25 bits per heavy atom. The van der Waals surface area contributed by atoms with Crippen LogP contribution in [-0.4, -0.2) is 10.6 Å². The zero-order chi connectivity index (χ0) is 13.9. The van der Waals surface area contributed by atoms with Gasteiger partial charge in [0, 0.05) is 30.8 Å². The van der Waals surface area contributed by atoms with Gasteiger partial charge in [-0.25, -0.2) is 0 Å². The molecule has 1 N–H and O–H groups in total. The van der Waals surface area contributed by atoms with Gasteiger partial charge in [0.1, 0.15) is 0 Å². The van der Waals surface area contributed by atoms with Crippen molar-refractivity contribution in [3.05, 3.63) is 36.0 Å². The summed E-state index contributed by atoms with van der Waals surface area (Å²) < 4.78 is 2.42. The molecule has 1 aromatic carbocycles. The minimum Gasteiger partial charge on any atom is -0.347 e. The summed E-state index contributed by atoms with van der Waals surface area (Å²) >= 11 is 0. The summed E-state index contributed by atoms with van der Waals surface area (Å²) in [7, 11) is 0. The molecule has 3 rings (SSSR count). The molecule has 20 heavy (non-hydrogen) atoms. The molecule has 0 atom stereocenters. The molecule has 1 saturated carbocycles. The summed E-state index contributed by atoms with van der Waals surface area (Å²) in [6, 6.07) is 9.90. The van der Waals surface area contributed by atoms with Gasteiger partial charge in [0.2, 0.25) is 0 Å². The first kappa shape index (κ1) is 13.7. The molecule has 108 valence electrons. The van der Waals surface area contributed by atoms with Gasteiger partial charge in [-0.3, -0.25) is 0 Å². The highest BCUT2D eigenvalue weighted by Gasteiger charge is 2.19. The Balaban J connectivity index is 1.69. The molecule has 0 spiro atoms. The van der Waals surface area contributed by atoms with E-state index in [0.717, 1.165) is 25.0 Å². The zero-order valence-corrected chi connectivity index (χ0v) is 12.7. The quantitative estimate of drug-likeness (QED) is 0.792. The molecule has 0 radical (unpaired) electrons. The number of aryl methyl sites for hydroxylation is 1. The number of hydrogen-bond donors (Lipinski definition) is 1. The Hall–Kier alpha value is -1.28. The Morgan fingerprint density at radius 2 is 2.10 bits per heavy atom. The Morgan fingerprint density at radius 3 is 2.85 bits per heavy atom. The lowest BCUT2D eigenvalue weighted by atomic mass is 10.1. The van der Waals surface area contributed by atoms with E-state index in [9.17, 15) is 0 Å². The third-order valence-electron chi connectivity index (χ3n) is 4.19. The molecule has 0 amide bonds. The van der Waals surface area contributed by atoms with Gasteiger partial charge in [-0.1, -0.05) is 26.0 Å². The summed E-state index contributed by atoms with van der Waals surface area (Å²) in [6.45, 7) is 6.75. The van der Waals surface area contributed by atoms with E-state index in [1.54, 1.807) is 0 Å². The van der Waals surface area contributed by atoms with E-state index in [0.29, 0.717) is 0 Å². The molecule has 2 nitrogen and oxygen atoms in total. The lowest BCUT2D eigenvalue weighted by molar-refractivity contribution is 0.517. The van der Waals surface area contributed by atoms with E-state index < -0.39 is 0 Å². The lowest BCUT2D eigenvalue weighted by Crippen LogP contribution is -2.15. The Labute approximate surface area is 122 Å². The van der Waals surface area contributed by atoms with Crippen LogP contribution in [0.25, 0.3) is 10.9 Å². The zero-order valence-electron chi connectivity index (χ0n) is 12.7. The molecule has 0 bridgehead atoms. The van der Waals surface area contributed by atoms with Crippen molar-refractivity contribution in [1.82, 2.24) is 9.88 Å². The van der Waals surface area contributed by atoms with Crippen LogP contribution in [0.3, 0.4) is 0 Å². The maximum Gasteiger partial charge on any atom is 0.0483 e. The van der Waals surface area contributed by atoms with Gasteiger partial charge in [-0.2, -0.15) is 0 Å². The van der Waals surface area contributed by atoms with Gasteiger partial charge in [0.15, 0.2) is 0 Å². The van der Waals surface area contributed by atoms with Gasteiger partial charge in [-0.05, 0) is 54.7 Å². The first-order valence-corrected chi connectivity index (χ1v) is 8.03. The first-order chi connectivity index (χ1) is 9.72. The lowest BCUT2D eigenvalue weighted by Gasteiger charge is -2.09. The second-order valence-electron chi connectivity index (χ2n) is 6.59. The molecular weight excluding hydrogens is 244 g/mol. The number of benzene rings is 1. The van der Waals surface area contributed by atoms with Crippen LogP contribution in [0.15, 0.2) is 30.5 Å². The number of hydrogen-bond acceptors (Lipinski definition) is 1. The predicted molar refractivity (Wildman–Crippen MR) is 85.9 cm³/mol. The molecule has 0 unspecified atom stereocenters. The predicted octanol–water partition coefficient (Wildman–Crippen LogP) is 4.33. The number of fused-ring (bicyclic) bond motifs is 1. The maximum absolute atomic E-state index is 3.60. The van der Waals surface area contributed by atoms with E-state index in [2.05, 4.69) is 54.2 Å². The van der Waals surface area contributed by atoms with Crippen LogP contribution in [-0.2, 0) is 13.1 Å². The van der Waals surface area contributed by atoms with Crippen molar-refractivity contribution in [3.63, 3.8) is 0 Å². The fourth-order valence-corrected chi connectivity index (χ4v) is 2.75. The molecule has 1 aromatic heterocycles. The number of nitrogens with one attached hydrogen (secondary N) is 1. The number of nitrogens with zero attached hydrogens (tertiary/aromatic N) is 1. The molecule has 0 aliphatic heterocycles. The average molecular weight is 270 g/mol. The van der Waals surface area contributed by atoms with Crippen molar-refractivity contribution in [2.45, 2.75) is 58.7 Å². The van der Waals surface area contributed by atoms with Crippen LogP contribution in [0, 0.1) is 5.92 Å². The van der Waals surface area contributed by atoms with Gasteiger partial charge < -0.3 is 9.88 Å². The molecular formula is C18H26N2. The van der Waals surface area contributed by atoms with Gasteiger partial charge in [0.05, 0.1) is 0 Å². The highest BCUT2D eigenvalue weighted by atomic mass is 15.0. The summed E-state index contributed by atoms with van der Waals surface area (Å²) in [5.74, 6) is 0.801.